The maximum Gasteiger partial charge on any atom is 0.254 e. The minimum Gasteiger partial charge on any atom is -0.352 e. The lowest BCUT2D eigenvalue weighted by Gasteiger charge is -2.08. The van der Waals surface area contributed by atoms with Gasteiger partial charge in [0.1, 0.15) is 5.82 Å². The van der Waals surface area contributed by atoms with Crippen LogP contribution in [0.15, 0.2) is 36.5 Å². The van der Waals surface area contributed by atoms with Crippen molar-refractivity contribution in [2.45, 2.75) is 26.2 Å². The minimum atomic E-state index is -0.577. The number of pyridine rings is 1. The van der Waals surface area contributed by atoms with E-state index in [0.29, 0.717) is 22.8 Å². The van der Waals surface area contributed by atoms with Gasteiger partial charge in [-0.3, -0.25) is 9.78 Å². The summed E-state index contributed by atoms with van der Waals surface area (Å²) in [5.41, 5.74) is 1.08. The lowest BCUT2D eigenvalue weighted by molar-refractivity contribution is 0.0949. The van der Waals surface area contributed by atoms with Crippen molar-refractivity contribution in [3.05, 3.63) is 52.9 Å². The Morgan fingerprint density at radius 1 is 1.32 bits per heavy atom. The third-order valence-corrected chi connectivity index (χ3v) is 3.62. The Morgan fingerprint density at radius 2 is 2.14 bits per heavy atom. The molecule has 1 amide bonds. The van der Waals surface area contributed by atoms with E-state index in [4.69, 9.17) is 11.6 Å². The first-order valence-electron chi connectivity index (χ1n) is 7.32. The average molecular weight is 321 g/mol. The lowest BCUT2D eigenvalue weighted by Crippen LogP contribution is -2.25. The van der Waals surface area contributed by atoms with Gasteiger partial charge >= 0.3 is 0 Å². The molecule has 0 saturated heterocycles. The zero-order chi connectivity index (χ0) is 15.9. The van der Waals surface area contributed by atoms with Gasteiger partial charge in [0.15, 0.2) is 0 Å². The Bertz CT molecular complexity index is 661. The van der Waals surface area contributed by atoms with Gasteiger partial charge in [0.2, 0.25) is 0 Å². The van der Waals surface area contributed by atoms with Crippen LogP contribution in [-0.4, -0.2) is 17.4 Å². The summed E-state index contributed by atoms with van der Waals surface area (Å²) in [6, 6.07) is 7.80. The van der Waals surface area contributed by atoms with Crippen LogP contribution in [0, 0.1) is 5.82 Å². The summed E-state index contributed by atoms with van der Waals surface area (Å²) < 4.78 is 14.2. The largest absolute Gasteiger partial charge is 0.352 e. The van der Waals surface area contributed by atoms with Gasteiger partial charge in [-0.05, 0) is 30.7 Å². The Labute approximate surface area is 134 Å². The third-order valence-electron chi connectivity index (χ3n) is 3.31. The molecule has 0 saturated carbocycles. The van der Waals surface area contributed by atoms with Crippen molar-refractivity contribution < 1.29 is 9.18 Å². The Kier molecular flexibility index (Phi) is 5.90. The summed E-state index contributed by atoms with van der Waals surface area (Å²) in [5, 5.41) is 3.17. The van der Waals surface area contributed by atoms with E-state index in [2.05, 4.69) is 17.2 Å². The highest BCUT2D eigenvalue weighted by Crippen LogP contribution is 2.26. The predicted molar refractivity (Wildman–Crippen MR) is 86.5 cm³/mol. The fraction of sp³-hybridized carbons (Fsp3) is 0.294. The molecule has 1 aromatic carbocycles. The van der Waals surface area contributed by atoms with Crippen LogP contribution in [0.3, 0.4) is 0 Å². The number of amides is 1. The highest BCUT2D eigenvalue weighted by molar-refractivity contribution is 6.33. The quantitative estimate of drug-likeness (QED) is 0.798. The van der Waals surface area contributed by atoms with Crippen LogP contribution in [0.4, 0.5) is 4.39 Å². The monoisotopic (exact) mass is 320 g/mol. The van der Waals surface area contributed by atoms with E-state index in [1.165, 1.54) is 12.1 Å². The number of aromatic nitrogens is 1. The van der Waals surface area contributed by atoms with Crippen LogP contribution in [-0.2, 0) is 0 Å². The molecule has 2 rings (SSSR count). The molecule has 2 aromatic rings. The van der Waals surface area contributed by atoms with E-state index in [0.717, 1.165) is 19.3 Å². The number of nitrogens with zero attached hydrogens (tertiary/aromatic N) is 1. The molecular formula is C17H18ClFN2O. The van der Waals surface area contributed by atoms with Crippen molar-refractivity contribution in [3.8, 4) is 11.3 Å². The van der Waals surface area contributed by atoms with Crippen molar-refractivity contribution in [1.29, 1.82) is 0 Å². The van der Waals surface area contributed by atoms with Gasteiger partial charge in [-0.15, -0.1) is 0 Å². The fourth-order valence-electron chi connectivity index (χ4n) is 2.12. The molecule has 0 atom stereocenters. The Hall–Kier alpha value is -1.94. The number of hydrogen-bond acceptors (Lipinski definition) is 2. The number of halogens is 2. The average Bonchev–Trinajstić information content (AvgIpc) is 2.51. The molecule has 0 radical (unpaired) electrons. The van der Waals surface area contributed by atoms with Crippen molar-refractivity contribution in [3.63, 3.8) is 0 Å². The molecule has 1 aromatic heterocycles. The van der Waals surface area contributed by atoms with Crippen molar-refractivity contribution >= 4 is 17.5 Å². The van der Waals surface area contributed by atoms with Gasteiger partial charge in [-0.2, -0.15) is 0 Å². The first-order chi connectivity index (χ1) is 10.6. The molecule has 22 heavy (non-hydrogen) atoms. The van der Waals surface area contributed by atoms with Gasteiger partial charge in [-0.1, -0.05) is 37.4 Å². The molecule has 3 nitrogen and oxygen atoms in total. The molecule has 0 aliphatic carbocycles. The number of rotatable bonds is 6. The summed E-state index contributed by atoms with van der Waals surface area (Å²) in [6.07, 6.45) is 4.60. The molecular weight excluding hydrogens is 303 g/mol. The summed E-state index contributed by atoms with van der Waals surface area (Å²) in [7, 11) is 0. The smallest absolute Gasteiger partial charge is 0.254 e. The van der Waals surface area contributed by atoms with Gasteiger partial charge in [0.05, 0.1) is 16.3 Å². The Morgan fingerprint density at radius 3 is 2.82 bits per heavy atom. The Balaban J connectivity index is 2.13. The van der Waals surface area contributed by atoms with Crippen molar-refractivity contribution in [2.75, 3.05) is 6.54 Å². The van der Waals surface area contributed by atoms with Crippen molar-refractivity contribution in [1.82, 2.24) is 10.3 Å². The molecule has 1 heterocycles. The summed E-state index contributed by atoms with van der Waals surface area (Å²) in [5.74, 6) is -0.973. The van der Waals surface area contributed by atoms with Crippen LogP contribution in [0.25, 0.3) is 11.3 Å². The highest BCUT2D eigenvalue weighted by atomic mass is 35.5. The van der Waals surface area contributed by atoms with Crippen molar-refractivity contribution in [2.24, 2.45) is 0 Å². The number of hydrogen-bond donors (Lipinski definition) is 1. The number of carbonyl (C=O) groups is 1. The van der Waals surface area contributed by atoms with E-state index in [1.54, 1.807) is 24.4 Å². The predicted octanol–water partition coefficient (Wildman–Crippen LogP) is 4.46. The summed E-state index contributed by atoms with van der Waals surface area (Å²) >= 11 is 6.05. The van der Waals surface area contributed by atoms with Crippen LogP contribution in [0.1, 0.15) is 36.5 Å². The molecule has 5 heteroatoms. The SMILES string of the molecule is CCCCCNC(=O)c1ccc(-c2ncccc2Cl)cc1F. The standard InChI is InChI=1S/C17H18ClFN2O/c1-2-3-4-9-21-17(22)13-8-7-12(11-15(13)19)16-14(18)6-5-10-20-16/h5-8,10-11H,2-4,9H2,1H3,(H,21,22). The second kappa shape index (κ2) is 7.90. The van der Waals surface area contributed by atoms with Crippen LogP contribution < -0.4 is 5.32 Å². The zero-order valence-electron chi connectivity index (χ0n) is 12.4. The fourth-order valence-corrected chi connectivity index (χ4v) is 2.35. The topological polar surface area (TPSA) is 42.0 Å². The molecule has 116 valence electrons. The van der Waals surface area contributed by atoms with Gasteiger partial charge in [0, 0.05) is 18.3 Å². The maximum atomic E-state index is 14.2. The molecule has 0 bridgehead atoms. The number of nitrogens with one attached hydrogen (secondary N) is 1. The second-order valence-corrected chi connectivity index (χ2v) is 5.40. The van der Waals surface area contributed by atoms with E-state index in [1.807, 2.05) is 0 Å². The van der Waals surface area contributed by atoms with E-state index in [-0.39, 0.29) is 5.56 Å². The van der Waals surface area contributed by atoms with E-state index in [9.17, 15) is 9.18 Å². The lowest BCUT2D eigenvalue weighted by atomic mass is 10.1. The third kappa shape index (κ3) is 4.04. The van der Waals surface area contributed by atoms with Gasteiger partial charge in [-0.25, -0.2) is 4.39 Å². The maximum absolute atomic E-state index is 14.2. The molecule has 0 unspecified atom stereocenters. The van der Waals surface area contributed by atoms with E-state index >= 15 is 0 Å². The molecule has 0 aliphatic heterocycles. The number of carbonyl (C=O) groups excluding carboxylic acids is 1. The number of benzene rings is 1. The highest BCUT2D eigenvalue weighted by Gasteiger charge is 2.13. The second-order valence-electron chi connectivity index (χ2n) is 4.99. The molecule has 1 N–H and O–H groups in total. The summed E-state index contributed by atoms with van der Waals surface area (Å²) in [4.78, 5) is 16.1. The first kappa shape index (κ1) is 16.4. The normalized spacial score (nSPS) is 10.5. The summed E-state index contributed by atoms with van der Waals surface area (Å²) in [6.45, 7) is 2.64. The molecule has 0 spiro atoms. The minimum absolute atomic E-state index is 0.0345. The van der Waals surface area contributed by atoms with E-state index < -0.39 is 11.7 Å². The molecule has 0 aliphatic rings. The van der Waals surface area contributed by atoms with Crippen LogP contribution in [0.2, 0.25) is 5.02 Å². The zero-order valence-corrected chi connectivity index (χ0v) is 13.2. The number of unbranched alkanes of at least 4 members (excludes halogenated alkanes) is 2. The van der Waals surface area contributed by atoms with Gasteiger partial charge in [0.25, 0.3) is 5.91 Å². The van der Waals surface area contributed by atoms with Gasteiger partial charge < -0.3 is 5.32 Å². The van der Waals surface area contributed by atoms with Crippen LogP contribution >= 0.6 is 11.6 Å². The molecule has 0 fully saturated rings. The first-order valence-corrected chi connectivity index (χ1v) is 7.70. The van der Waals surface area contributed by atoms with Crippen LogP contribution in [0.5, 0.6) is 0 Å².